The first-order valence-corrected chi connectivity index (χ1v) is 10.1. The third-order valence-electron chi connectivity index (χ3n) is 5.57. The monoisotopic (exact) mass is 399 g/mol. The number of aryl methyl sites for hydroxylation is 2. The molecule has 1 atom stereocenters. The Balaban J connectivity index is 1.45. The Morgan fingerprint density at radius 1 is 1.13 bits per heavy atom. The molecule has 4 aromatic rings. The van der Waals surface area contributed by atoms with Gasteiger partial charge in [0.05, 0.1) is 28.7 Å². The van der Waals surface area contributed by atoms with E-state index in [2.05, 4.69) is 44.3 Å². The summed E-state index contributed by atoms with van der Waals surface area (Å²) < 4.78 is 5.50. The number of carbonyl (C=O) groups excluding carboxylic acids is 1. The lowest BCUT2D eigenvalue weighted by molar-refractivity contribution is 0.0958. The van der Waals surface area contributed by atoms with Crippen molar-refractivity contribution >= 4 is 28.6 Å². The summed E-state index contributed by atoms with van der Waals surface area (Å²) >= 11 is 0. The van der Waals surface area contributed by atoms with Crippen LogP contribution in [0.4, 0.5) is 11.9 Å². The lowest BCUT2D eigenvalue weighted by atomic mass is 9.85. The van der Waals surface area contributed by atoms with Crippen LogP contribution < -0.4 is 5.32 Å². The Kier molecular flexibility index (Phi) is 4.50. The Morgan fingerprint density at radius 2 is 2.03 bits per heavy atom. The van der Waals surface area contributed by atoms with E-state index in [9.17, 15) is 4.79 Å². The molecule has 0 amide bonds. The van der Waals surface area contributed by atoms with E-state index in [0.717, 1.165) is 34.5 Å². The van der Waals surface area contributed by atoms with Crippen molar-refractivity contribution in [3.05, 3.63) is 71.1 Å². The van der Waals surface area contributed by atoms with Gasteiger partial charge in [-0.25, -0.2) is 19.9 Å². The van der Waals surface area contributed by atoms with Gasteiger partial charge in [0.15, 0.2) is 5.78 Å². The van der Waals surface area contributed by atoms with Gasteiger partial charge in [-0.2, -0.15) is 0 Å². The predicted molar refractivity (Wildman–Crippen MR) is 113 cm³/mol. The van der Waals surface area contributed by atoms with E-state index in [4.69, 9.17) is 4.42 Å². The van der Waals surface area contributed by atoms with Crippen LogP contribution in [0.3, 0.4) is 0 Å². The average molecular weight is 399 g/mol. The molecule has 1 N–H and O–H groups in total. The maximum Gasteiger partial charge on any atom is 0.230 e. The molecule has 1 aromatic carbocycles. The number of hydrogen-bond acceptors (Lipinski definition) is 7. The molecule has 7 heteroatoms. The van der Waals surface area contributed by atoms with Crippen LogP contribution in [-0.4, -0.2) is 25.7 Å². The largest absolute Gasteiger partial charge is 0.469 e. The highest BCUT2D eigenvalue weighted by Crippen LogP contribution is 2.32. The number of carbonyl (C=O) groups is 1. The Morgan fingerprint density at radius 3 is 2.83 bits per heavy atom. The van der Waals surface area contributed by atoms with Gasteiger partial charge in [-0.3, -0.25) is 10.1 Å². The van der Waals surface area contributed by atoms with Crippen LogP contribution in [0.25, 0.3) is 10.9 Å². The number of benzene rings is 1. The lowest BCUT2D eigenvalue weighted by Crippen LogP contribution is -2.21. The summed E-state index contributed by atoms with van der Waals surface area (Å²) in [5.74, 6) is 1.66. The van der Waals surface area contributed by atoms with Crippen molar-refractivity contribution in [2.45, 2.75) is 39.0 Å². The molecule has 0 saturated carbocycles. The molecule has 150 valence electrons. The van der Waals surface area contributed by atoms with Crippen LogP contribution in [0.2, 0.25) is 0 Å². The number of anilines is 2. The van der Waals surface area contributed by atoms with Gasteiger partial charge in [0.1, 0.15) is 5.76 Å². The van der Waals surface area contributed by atoms with E-state index in [1.165, 1.54) is 5.56 Å². The minimum atomic E-state index is -0.00493. The van der Waals surface area contributed by atoms with E-state index >= 15 is 0 Å². The summed E-state index contributed by atoms with van der Waals surface area (Å²) in [5, 5.41) is 4.14. The van der Waals surface area contributed by atoms with Gasteiger partial charge in [0.25, 0.3) is 0 Å². The second kappa shape index (κ2) is 7.33. The van der Waals surface area contributed by atoms with Gasteiger partial charge in [-0.15, -0.1) is 0 Å². The number of hydrogen-bond donors (Lipinski definition) is 1. The van der Waals surface area contributed by atoms with Crippen molar-refractivity contribution in [2.24, 2.45) is 0 Å². The van der Waals surface area contributed by atoms with E-state index in [-0.39, 0.29) is 11.7 Å². The van der Waals surface area contributed by atoms with E-state index in [0.29, 0.717) is 30.3 Å². The number of rotatable bonds is 4. The first-order valence-electron chi connectivity index (χ1n) is 10.1. The highest BCUT2D eigenvalue weighted by Gasteiger charge is 2.29. The summed E-state index contributed by atoms with van der Waals surface area (Å²) in [4.78, 5) is 30.6. The van der Waals surface area contributed by atoms with Crippen molar-refractivity contribution in [2.75, 3.05) is 5.32 Å². The standard InChI is InChI=1S/C23H21N5O2/c1-3-14-6-7-18-16(9-14)13(2)25-23(26-18)28-22-24-12-17-19(27-22)10-15(11-20(17)29)21-5-4-8-30-21/h4-9,12,15H,3,10-11H2,1-2H3,(H,24,25,26,27,28). The molecule has 30 heavy (non-hydrogen) atoms. The Bertz CT molecular complexity index is 1250. The van der Waals surface area contributed by atoms with Crippen LogP contribution in [0.1, 0.15) is 52.3 Å². The van der Waals surface area contributed by atoms with E-state index in [1.54, 1.807) is 12.5 Å². The number of nitrogens with zero attached hydrogens (tertiary/aromatic N) is 4. The molecule has 0 fully saturated rings. The summed E-state index contributed by atoms with van der Waals surface area (Å²) in [5.41, 5.74) is 4.31. The van der Waals surface area contributed by atoms with Crippen LogP contribution in [0.5, 0.6) is 0 Å². The minimum Gasteiger partial charge on any atom is -0.469 e. The summed E-state index contributed by atoms with van der Waals surface area (Å²) in [6, 6.07) is 9.96. The molecular formula is C23H21N5O2. The summed E-state index contributed by atoms with van der Waals surface area (Å²) in [6.45, 7) is 4.09. The van der Waals surface area contributed by atoms with Gasteiger partial charge in [0.2, 0.25) is 11.9 Å². The highest BCUT2D eigenvalue weighted by atomic mass is 16.3. The molecule has 5 rings (SSSR count). The Labute approximate surface area is 173 Å². The second-order valence-corrected chi connectivity index (χ2v) is 7.56. The minimum absolute atomic E-state index is 0.00493. The molecule has 0 bridgehead atoms. The van der Waals surface area contributed by atoms with Crippen molar-refractivity contribution in [3.63, 3.8) is 0 Å². The maximum absolute atomic E-state index is 12.5. The first-order chi connectivity index (χ1) is 14.6. The zero-order valence-electron chi connectivity index (χ0n) is 16.8. The zero-order chi connectivity index (χ0) is 20.7. The van der Waals surface area contributed by atoms with Gasteiger partial charge >= 0.3 is 0 Å². The fourth-order valence-corrected chi connectivity index (χ4v) is 3.93. The molecule has 1 aliphatic carbocycles. The van der Waals surface area contributed by atoms with Crippen molar-refractivity contribution in [1.82, 2.24) is 19.9 Å². The van der Waals surface area contributed by atoms with E-state index < -0.39 is 0 Å². The Hall–Kier alpha value is -3.61. The average Bonchev–Trinajstić information content (AvgIpc) is 3.28. The molecule has 0 aliphatic heterocycles. The zero-order valence-corrected chi connectivity index (χ0v) is 16.8. The number of aromatic nitrogens is 4. The van der Waals surface area contributed by atoms with Gasteiger partial charge < -0.3 is 4.42 Å². The number of fused-ring (bicyclic) bond motifs is 2. The third-order valence-corrected chi connectivity index (χ3v) is 5.57. The van der Waals surface area contributed by atoms with E-state index in [1.807, 2.05) is 25.1 Å². The molecule has 3 heterocycles. The smallest absolute Gasteiger partial charge is 0.230 e. The summed E-state index contributed by atoms with van der Waals surface area (Å²) in [7, 11) is 0. The topological polar surface area (TPSA) is 93.8 Å². The molecule has 0 spiro atoms. The molecule has 1 aliphatic rings. The van der Waals surface area contributed by atoms with Crippen molar-refractivity contribution in [3.8, 4) is 0 Å². The fourth-order valence-electron chi connectivity index (χ4n) is 3.93. The van der Waals surface area contributed by atoms with Gasteiger partial charge in [-0.1, -0.05) is 13.0 Å². The van der Waals surface area contributed by atoms with Crippen molar-refractivity contribution in [1.29, 1.82) is 0 Å². The number of ketones is 1. The molecule has 0 radical (unpaired) electrons. The molecule has 1 unspecified atom stereocenters. The SMILES string of the molecule is CCc1ccc2nc(Nc3ncc4c(n3)CC(c3ccco3)CC4=O)nc(C)c2c1. The van der Waals surface area contributed by atoms with Crippen LogP contribution >= 0.6 is 0 Å². The first kappa shape index (κ1) is 18.4. The number of Topliss-reactive ketones (excluding diaryl/α,β-unsaturated/α-hetero) is 1. The molecule has 7 nitrogen and oxygen atoms in total. The van der Waals surface area contributed by atoms with Gasteiger partial charge in [-0.05, 0) is 43.2 Å². The second-order valence-electron chi connectivity index (χ2n) is 7.56. The highest BCUT2D eigenvalue weighted by molar-refractivity contribution is 5.98. The lowest BCUT2D eigenvalue weighted by Gasteiger charge is -2.21. The number of furan rings is 1. The maximum atomic E-state index is 12.5. The molecule has 0 saturated heterocycles. The van der Waals surface area contributed by atoms with Crippen LogP contribution in [0.15, 0.2) is 47.2 Å². The normalized spacial score (nSPS) is 15.9. The van der Waals surface area contributed by atoms with Crippen molar-refractivity contribution < 1.29 is 9.21 Å². The third kappa shape index (κ3) is 3.32. The van der Waals surface area contributed by atoms with Gasteiger partial charge in [0, 0.05) is 30.3 Å². The van der Waals surface area contributed by atoms with Crippen LogP contribution in [-0.2, 0) is 12.8 Å². The molecule has 3 aromatic heterocycles. The fraction of sp³-hybridized carbons (Fsp3) is 0.261. The molecular weight excluding hydrogens is 378 g/mol. The van der Waals surface area contributed by atoms with Crippen LogP contribution in [0, 0.1) is 6.92 Å². The quantitative estimate of drug-likeness (QED) is 0.538. The summed E-state index contributed by atoms with van der Waals surface area (Å²) in [6.07, 6.45) is 5.22. The predicted octanol–water partition coefficient (Wildman–Crippen LogP) is 4.54. The number of nitrogens with one attached hydrogen (secondary N) is 1.